The molecular formula is C22H22FN5O4. The minimum atomic E-state index is -0.774. The van der Waals surface area contributed by atoms with Crippen LogP contribution in [-0.2, 0) is 16.1 Å². The number of rotatable bonds is 7. The number of nitrogens with one attached hydrogen (secondary N) is 1. The number of anilines is 1. The maximum atomic E-state index is 14.9. The second-order valence-electron chi connectivity index (χ2n) is 7.48. The summed E-state index contributed by atoms with van der Waals surface area (Å²) in [5.41, 5.74) is 2.06. The van der Waals surface area contributed by atoms with Gasteiger partial charge in [0, 0.05) is 18.7 Å². The summed E-state index contributed by atoms with van der Waals surface area (Å²) < 4.78 is 21.6. The molecule has 166 valence electrons. The molecule has 0 radical (unpaired) electrons. The number of cyclic esters (lactones) is 1. The molecule has 2 amide bonds. The number of nitrogens with zero attached hydrogens (tertiary/aromatic N) is 4. The van der Waals surface area contributed by atoms with E-state index in [4.69, 9.17) is 4.74 Å². The number of aromatic nitrogens is 3. The van der Waals surface area contributed by atoms with Crippen LogP contribution in [0, 0.1) is 5.82 Å². The van der Waals surface area contributed by atoms with E-state index in [2.05, 4.69) is 15.6 Å². The average Bonchev–Trinajstić information content (AvgIpc) is 3.41. The predicted molar refractivity (Wildman–Crippen MR) is 113 cm³/mol. The molecule has 1 saturated heterocycles. The number of carbonyl (C=O) groups is 2. The monoisotopic (exact) mass is 439 g/mol. The molecule has 0 bridgehead atoms. The van der Waals surface area contributed by atoms with E-state index in [-0.39, 0.29) is 25.5 Å². The van der Waals surface area contributed by atoms with E-state index >= 15 is 0 Å². The van der Waals surface area contributed by atoms with Crippen LogP contribution in [0.25, 0.3) is 11.1 Å². The molecule has 0 saturated carbocycles. The number of aliphatic hydroxyl groups is 1. The van der Waals surface area contributed by atoms with Crippen molar-refractivity contribution in [3.05, 3.63) is 66.2 Å². The molecule has 2 atom stereocenters. The summed E-state index contributed by atoms with van der Waals surface area (Å²) >= 11 is 0. The summed E-state index contributed by atoms with van der Waals surface area (Å²) in [5.74, 6) is -0.705. The van der Waals surface area contributed by atoms with Gasteiger partial charge >= 0.3 is 6.09 Å². The van der Waals surface area contributed by atoms with Crippen molar-refractivity contribution in [2.45, 2.75) is 25.7 Å². The summed E-state index contributed by atoms with van der Waals surface area (Å²) in [6.07, 6.45) is 1.34. The van der Waals surface area contributed by atoms with Gasteiger partial charge in [0.2, 0.25) is 5.91 Å². The predicted octanol–water partition coefficient (Wildman–Crippen LogP) is 2.28. The fourth-order valence-electron chi connectivity index (χ4n) is 3.50. The highest BCUT2D eigenvalue weighted by Gasteiger charge is 2.32. The highest BCUT2D eigenvalue weighted by molar-refractivity contribution is 5.90. The molecule has 1 aromatic heterocycles. The first-order valence-electron chi connectivity index (χ1n) is 10.1. The van der Waals surface area contributed by atoms with Crippen LogP contribution in [0.15, 0.2) is 54.9 Å². The summed E-state index contributed by atoms with van der Waals surface area (Å²) in [7, 11) is 0. The number of benzene rings is 2. The first kappa shape index (κ1) is 21.4. The zero-order valence-electron chi connectivity index (χ0n) is 17.3. The van der Waals surface area contributed by atoms with E-state index in [1.165, 1.54) is 28.8 Å². The van der Waals surface area contributed by atoms with Crippen molar-refractivity contribution < 1.29 is 23.8 Å². The Morgan fingerprint density at radius 3 is 2.75 bits per heavy atom. The lowest BCUT2D eigenvalue weighted by Gasteiger charge is -2.15. The van der Waals surface area contributed by atoms with Crippen LogP contribution in [0.1, 0.15) is 18.6 Å². The van der Waals surface area contributed by atoms with E-state index in [9.17, 15) is 19.1 Å². The molecule has 1 unspecified atom stereocenters. The van der Waals surface area contributed by atoms with Crippen LogP contribution in [0.3, 0.4) is 0 Å². The molecular weight excluding hydrogens is 417 g/mol. The highest BCUT2D eigenvalue weighted by Crippen LogP contribution is 2.30. The Hall–Kier alpha value is -3.79. The van der Waals surface area contributed by atoms with E-state index in [1.807, 2.05) is 0 Å². The standard InChI is InChI=1S/C22H22FN5O4/c1-14(29)24-11-18-12-28(22(31)32-18)17-6-7-19(20(23)10-17)15-2-4-16(5-3-15)21(30)13-27-9-8-25-26-27/h2-10,18,21,30H,11-13H2,1H3,(H,24,29)/t18-,21?/m0/s1. The van der Waals surface area contributed by atoms with Gasteiger partial charge in [-0.3, -0.25) is 9.69 Å². The number of aliphatic hydroxyl groups excluding tert-OH is 1. The third-order valence-corrected chi connectivity index (χ3v) is 5.16. The van der Waals surface area contributed by atoms with Gasteiger partial charge in [0.05, 0.1) is 37.6 Å². The number of carbonyl (C=O) groups excluding carboxylic acids is 2. The molecule has 4 rings (SSSR count). The number of ether oxygens (including phenoxy) is 1. The first-order valence-corrected chi connectivity index (χ1v) is 10.1. The van der Waals surface area contributed by atoms with E-state index in [1.54, 1.807) is 42.6 Å². The first-order chi connectivity index (χ1) is 15.4. The summed E-state index contributed by atoms with van der Waals surface area (Å²) in [6.45, 7) is 2.06. The lowest BCUT2D eigenvalue weighted by Crippen LogP contribution is -2.33. The maximum Gasteiger partial charge on any atom is 0.414 e. The van der Waals surface area contributed by atoms with Gasteiger partial charge in [-0.05, 0) is 29.3 Å². The van der Waals surface area contributed by atoms with Gasteiger partial charge in [-0.15, -0.1) is 5.10 Å². The summed E-state index contributed by atoms with van der Waals surface area (Å²) in [6, 6.07) is 11.4. The van der Waals surface area contributed by atoms with Crippen molar-refractivity contribution in [1.29, 1.82) is 0 Å². The molecule has 32 heavy (non-hydrogen) atoms. The van der Waals surface area contributed by atoms with E-state index < -0.39 is 24.1 Å². The van der Waals surface area contributed by atoms with Crippen molar-refractivity contribution >= 4 is 17.7 Å². The average molecular weight is 439 g/mol. The van der Waals surface area contributed by atoms with E-state index in [0.717, 1.165) is 0 Å². The highest BCUT2D eigenvalue weighted by atomic mass is 19.1. The van der Waals surface area contributed by atoms with Crippen molar-refractivity contribution in [2.75, 3.05) is 18.0 Å². The Labute approximate surface area is 183 Å². The lowest BCUT2D eigenvalue weighted by atomic mass is 10.0. The largest absolute Gasteiger partial charge is 0.442 e. The molecule has 1 aliphatic heterocycles. The molecule has 0 aliphatic carbocycles. The molecule has 3 aromatic rings. The molecule has 2 heterocycles. The minimum absolute atomic E-state index is 0.202. The fourth-order valence-corrected chi connectivity index (χ4v) is 3.50. The molecule has 2 N–H and O–H groups in total. The Morgan fingerprint density at radius 1 is 1.31 bits per heavy atom. The van der Waals surface area contributed by atoms with Crippen LogP contribution in [0.4, 0.5) is 14.9 Å². The van der Waals surface area contributed by atoms with Gasteiger partial charge in [-0.2, -0.15) is 0 Å². The normalized spacial score (nSPS) is 16.7. The third-order valence-electron chi connectivity index (χ3n) is 5.16. The smallest absolute Gasteiger partial charge is 0.414 e. The number of hydrogen-bond acceptors (Lipinski definition) is 6. The van der Waals surface area contributed by atoms with Crippen molar-refractivity contribution in [2.24, 2.45) is 0 Å². The quantitative estimate of drug-likeness (QED) is 0.585. The zero-order valence-corrected chi connectivity index (χ0v) is 17.3. The van der Waals surface area contributed by atoms with Crippen LogP contribution >= 0.6 is 0 Å². The van der Waals surface area contributed by atoms with Crippen LogP contribution in [-0.4, -0.2) is 51.3 Å². The summed E-state index contributed by atoms with van der Waals surface area (Å²) in [4.78, 5) is 24.5. The van der Waals surface area contributed by atoms with E-state index in [0.29, 0.717) is 22.4 Å². The van der Waals surface area contributed by atoms with Gasteiger partial charge < -0.3 is 15.2 Å². The number of amides is 2. The molecule has 0 spiro atoms. The Balaban J connectivity index is 1.45. The SMILES string of the molecule is CC(=O)NC[C@H]1CN(c2ccc(-c3ccc(C(O)Cn4ccnn4)cc3)c(F)c2)C(=O)O1. The minimum Gasteiger partial charge on any atom is -0.442 e. The van der Waals surface area contributed by atoms with Gasteiger partial charge in [-0.1, -0.05) is 29.5 Å². The molecule has 9 nitrogen and oxygen atoms in total. The molecule has 1 aliphatic rings. The van der Waals surface area contributed by atoms with Crippen molar-refractivity contribution in [1.82, 2.24) is 20.3 Å². The maximum absolute atomic E-state index is 14.9. The zero-order chi connectivity index (χ0) is 22.7. The fraction of sp³-hybridized carbons (Fsp3) is 0.273. The van der Waals surface area contributed by atoms with Gasteiger partial charge in [0.25, 0.3) is 0 Å². The lowest BCUT2D eigenvalue weighted by molar-refractivity contribution is -0.119. The molecule has 10 heteroatoms. The Bertz CT molecular complexity index is 1100. The van der Waals surface area contributed by atoms with Crippen LogP contribution < -0.4 is 10.2 Å². The molecule has 2 aromatic carbocycles. The van der Waals surface area contributed by atoms with Gasteiger partial charge in [-0.25, -0.2) is 13.9 Å². The van der Waals surface area contributed by atoms with Crippen LogP contribution in [0.5, 0.6) is 0 Å². The van der Waals surface area contributed by atoms with Crippen molar-refractivity contribution in [3.63, 3.8) is 0 Å². The molecule has 1 fully saturated rings. The Morgan fingerprint density at radius 2 is 2.09 bits per heavy atom. The topological polar surface area (TPSA) is 110 Å². The van der Waals surface area contributed by atoms with Crippen molar-refractivity contribution in [3.8, 4) is 11.1 Å². The second kappa shape index (κ2) is 9.15. The van der Waals surface area contributed by atoms with Crippen LogP contribution in [0.2, 0.25) is 0 Å². The number of halogens is 1. The second-order valence-corrected chi connectivity index (χ2v) is 7.48. The Kier molecular flexibility index (Phi) is 6.13. The van der Waals surface area contributed by atoms with Gasteiger partial charge in [0.1, 0.15) is 11.9 Å². The third kappa shape index (κ3) is 4.75. The summed E-state index contributed by atoms with van der Waals surface area (Å²) in [5, 5.41) is 20.5. The number of hydrogen-bond donors (Lipinski definition) is 2. The van der Waals surface area contributed by atoms with Gasteiger partial charge in [0.15, 0.2) is 0 Å².